The molecular formula is C19H20N8O5S4. The highest BCUT2D eigenvalue weighted by Crippen LogP contribution is 2.45. The van der Waals surface area contributed by atoms with Gasteiger partial charge in [0.05, 0.1) is 0 Å². The maximum Gasteiger partial charge on any atom is 0.353 e. The lowest BCUT2D eigenvalue weighted by Crippen LogP contribution is -2.71. The molecule has 4 rings (SSSR count). The number of carbonyl (C=O) groups excluding carboxylic acids is 2. The number of carboxylic acids is 1. The number of pyridine rings is 1. The van der Waals surface area contributed by atoms with Crippen LogP contribution in [-0.2, 0) is 20.1 Å². The van der Waals surface area contributed by atoms with Crippen molar-refractivity contribution < 1.29 is 24.7 Å². The van der Waals surface area contributed by atoms with E-state index in [-0.39, 0.29) is 17.2 Å². The Balaban J connectivity index is 1.47. The summed E-state index contributed by atoms with van der Waals surface area (Å²) in [6.45, 7) is 0.565. The van der Waals surface area contributed by atoms with Crippen molar-refractivity contribution in [1.29, 1.82) is 0 Å². The largest absolute Gasteiger partial charge is 0.477 e. The molecule has 0 bridgehead atoms. The van der Waals surface area contributed by atoms with E-state index >= 15 is 0 Å². The molecular weight excluding hydrogens is 549 g/mol. The number of thioether (sulfide) groups is 3. The van der Waals surface area contributed by atoms with Gasteiger partial charge in [-0.05, 0) is 12.1 Å². The van der Waals surface area contributed by atoms with Crippen molar-refractivity contribution >= 4 is 75.9 Å². The Kier molecular flexibility index (Phi) is 8.35. The van der Waals surface area contributed by atoms with Crippen molar-refractivity contribution in [3.8, 4) is 0 Å². The number of hydrogen-bond donors (Lipinski definition) is 5. The summed E-state index contributed by atoms with van der Waals surface area (Å²) in [5.41, 5.74) is 10.6. The first kappa shape index (κ1) is 26.2. The Morgan fingerprint density at radius 2 is 2.14 bits per heavy atom. The van der Waals surface area contributed by atoms with Crippen LogP contribution in [0, 0.1) is 0 Å². The molecule has 4 heterocycles. The van der Waals surface area contributed by atoms with E-state index in [0.717, 1.165) is 27.4 Å². The van der Waals surface area contributed by atoms with Gasteiger partial charge in [0.15, 0.2) is 10.1 Å². The molecule has 1 saturated heterocycles. The van der Waals surface area contributed by atoms with Crippen LogP contribution in [0.3, 0.4) is 0 Å². The molecule has 0 aliphatic carbocycles. The molecule has 0 radical (unpaired) electrons. The number of β-lactam (4-membered cyclic amide) rings is 1. The normalized spacial score (nSPS) is 19.6. The average Bonchev–Trinajstić information content (AvgIpc) is 3.30. The Bertz CT molecular complexity index is 1250. The average molecular weight is 569 g/mol. The van der Waals surface area contributed by atoms with Crippen molar-refractivity contribution in [3.63, 3.8) is 0 Å². The number of carbonyl (C=O) groups is 3. The lowest BCUT2D eigenvalue weighted by atomic mass is 10.0. The number of rotatable bonds is 10. The number of aromatic nitrogens is 3. The molecule has 2 aliphatic heterocycles. The van der Waals surface area contributed by atoms with E-state index in [9.17, 15) is 24.7 Å². The van der Waals surface area contributed by atoms with E-state index in [1.54, 1.807) is 11.8 Å². The Labute approximate surface area is 221 Å². The zero-order valence-electron chi connectivity index (χ0n) is 18.4. The summed E-state index contributed by atoms with van der Waals surface area (Å²) in [6, 6.07) is 3.46. The van der Waals surface area contributed by atoms with Crippen molar-refractivity contribution in [3.05, 3.63) is 39.5 Å². The molecule has 13 nitrogen and oxygen atoms in total. The summed E-state index contributed by atoms with van der Waals surface area (Å²) in [5.74, 6) is -0.826. The minimum absolute atomic E-state index is 0.0255. The number of nitrogen functional groups attached to an aromatic ring is 1. The summed E-state index contributed by atoms with van der Waals surface area (Å²) < 4.78 is 0.572. The number of nitrogens with zero attached hydrogens (tertiary/aromatic N) is 5. The number of nitrogens with two attached hydrogens (primary N) is 2. The van der Waals surface area contributed by atoms with Gasteiger partial charge in [0.1, 0.15) is 33.6 Å². The highest BCUT2D eigenvalue weighted by molar-refractivity contribution is 8.07. The van der Waals surface area contributed by atoms with Gasteiger partial charge >= 0.3 is 5.97 Å². The highest BCUT2D eigenvalue weighted by Gasteiger charge is 2.54. The topological polar surface area (TPSA) is 210 Å². The monoisotopic (exact) mass is 568 g/mol. The van der Waals surface area contributed by atoms with Gasteiger partial charge in [-0.2, -0.15) is 11.8 Å². The van der Waals surface area contributed by atoms with E-state index in [0.29, 0.717) is 27.3 Å². The summed E-state index contributed by atoms with van der Waals surface area (Å²) >= 11 is 5.45. The minimum Gasteiger partial charge on any atom is -0.477 e. The molecule has 7 N–H and O–H groups in total. The van der Waals surface area contributed by atoms with E-state index in [4.69, 9.17) is 11.5 Å². The predicted molar refractivity (Wildman–Crippen MR) is 138 cm³/mol. The number of fused-ring (bicyclic) bond motifs is 1. The van der Waals surface area contributed by atoms with Gasteiger partial charge in [-0.1, -0.05) is 34.3 Å². The van der Waals surface area contributed by atoms with Gasteiger partial charge in [-0.15, -0.1) is 22.0 Å². The number of anilines is 1. The molecule has 190 valence electrons. The van der Waals surface area contributed by atoms with Crippen molar-refractivity contribution in [2.24, 2.45) is 10.9 Å². The van der Waals surface area contributed by atoms with Crippen LogP contribution < -0.4 is 16.8 Å². The van der Waals surface area contributed by atoms with Crippen LogP contribution in [0.1, 0.15) is 10.7 Å². The summed E-state index contributed by atoms with van der Waals surface area (Å²) in [7, 11) is 0. The maximum atomic E-state index is 12.9. The molecule has 0 unspecified atom stereocenters. The van der Waals surface area contributed by atoms with Crippen LogP contribution in [0.4, 0.5) is 5.82 Å². The fourth-order valence-electron chi connectivity index (χ4n) is 3.36. The van der Waals surface area contributed by atoms with Crippen LogP contribution in [0.15, 0.2) is 38.3 Å². The maximum absolute atomic E-state index is 12.9. The molecule has 0 aromatic carbocycles. The molecule has 2 aromatic heterocycles. The first-order valence-corrected chi connectivity index (χ1v) is 14.1. The summed E-state index contributed by atoms with van der Waals surface area (Å²) in [4.78, 5) is 43.3. The standard InChI is InChI=1S/C19H20N8O5S4/c20-4-5-33-7-11-24-25-19(36-11)35-9-6-34-17-13(16(29)27(17)14(9)18(30)31)23-15(28)12(26-32)8-2-1-3-10(21)22-8/h1-3,13,17,32H,4-7,20H2,(H2,21,22)(H,23,28)(H,30,31)/b26-12-/t13-,17-/m1/s1. The van der Waals surface area contributed by atoms with Crippen LogP contribution >= 0.6 is 46.6 Å². The SMILES string of the molecule is NCCSCc1nnc(SC2=C(C(=O)O)N3C(=O)[C@@H](NC(=O)/C(=N\O)c4cccc(N)n4)[C@H]3SC2)s1. The quantitative estimate of drug-likeness (QED) is 0.0863. The smallest absolute Gasteiger partial charge is 0.353 e. The number of hydrogen-bond acceptors (Lipinski definition) is 14. The molecule has 2 amide bonds. The lowest BCUT2D eigenvalue weighted by Gasteiger charge is -2.49. The Morgan fingerprint density at radius 3 is 2.83 bits per heavy atom. The number of amides is 2. The molecule has 1 fully saturated rings. The van der Waals surface area contributed by atoms with Gasteiger partial charge in [-0.25, -0.2) is 9.78 Å². The van der Waals surface area contributed by atoms with Crippen LogP contribution in [0.5, 0.6) is 0 Å². The first-order valence-electron chi connectivity index (χ1n) is 10.3. The number of aliphatic carboxylic acids is 1. The molecule has 0 saturated carbocycles. The number of nitrogens with one attached hydrogen (secondary N) is 1. The zero-order valence-corrected chi connectivity index (χ0v) is 21.6. The van der Waals surface area contributed by atoms with Crippen LogP contribution in [0.2, 0.25) is 0 Å². The predicted octanol–water partition coefficient (Wildman–Crippen LogP) is 0.374. The number of carboxylic acid groups (broad SMARTS) is 1. The lowest BCUT2D eigenvalue weighted by molar-refractivity contribution is -0.150. The van der Waals surface area contributed by atoms with E-state index in [2.05, 4.69) is 25.7 Å². The summed E-state index contributed by atoms with van der Waals surface area (Å²) in [5, 5.41) is 33.1. The van der Waals surface area contributed by atoms with Crippen molar-refractivity contribution in [1.82, 2.24) is 25.4 Å². The molecule has 2 aliphatic rings. The van der Waals surface area contributed by atoms with Gasteiger partial charge < -0.3 is 27.1 Å². The van der Waals surface area contributed by atoms with Crippen molar-refractivity contribution in [2.75, 3.05) is 23.8 Å². The third kappa shape index (κ3) is 5.44. The minimum atomic E-state index is -1.26. The van der Waals surface area contributed by atoms with Crippen LogP contribution in [-0.4, -0.2) is 83.4 Å². The molecule has 0 spiro atoms. The fourth-order valence-corrected chi connectivity index (χ4v) is 7.72. The van der Waals surface area contributed by atoms with Crippen LogP contribution in [0.25, 0.3) is 0 Å². The number of oxime groups is 1. The second-order valence-corrected chi connectivity index (χ2v) is 11.9. The van der Waals surface area contributed by atoms with Crippen molar-refractivity contribution in [2.45, 2.75) is 21.5 Å². The molecule has 2 aromatic rings. The van der Waals surface area contributed by atoms with E-state index < -0.39 is 34.9 Å². The second-order valence-electron chi connectivity index (χ2n) is 7.24. The van der Waals surface area contributed by atoms with Gasteiger partial charge in [0.2, 0.25) is 0 Å². The van der Waals surface area contributed by atoms with E-state index in [1.165, 1.54) is 41.3 Å². The molecule has 36 heavy (non-hydrogen) atoms. The third-order valence-electron chi connectivity index (χ3n) is 4.90. The zero-order chi connectivity index (χ0) is 25.8. The highest BCUT2D eigenvalue weighted by atomic mass is 32.2. The Morgan fingerprint density at radius 1 is 1.33 bits per heavy atom. The second kappa shape index (κ2) is 11.5. The summed E-state index contributed by atoms with van der Waals surface area (Å²) in [6.07, 6.45) is 0. The molecule has 17 heteroatoms. The molecule has 2 atom stereocenters. The first-order chi connectivity index (χ1) is 17.3. The van der Waals surface area contributed by atoms with Gasteiger partial charge in [-0.3, -0.25) is 14.5 Å². The third-order valence-corrected chi connectivity index (χ3v) is 9.60. The fraction of sp³-hybridized carbons (Fsp3) is 0.316. The Hall–Kier alpha value is -2.86. The van der Waals surface area contributed by atoms with Gasteiger partial charge in [0, 0.05) is 28.7 Å². The van der Waals surface area contributed by atoms with Gasteiger partial charge in [0.25, 0.3) is 11.8 Å². The van der Waals surface area contributed by atoms with E-state index in [1.807, 2.05) is 0 Å².